The number of hydrogen-bond donors (Lipinski definition) is 1. The first-order valence-electron chi connectivity index (χ1n) is 16.5. The Hall–Kier alpha value is -1.27. The highest BCUT2D eigenvalue weighted by Crippen LogP contribution is 2.62. The van der Waals surface area contributed by atoms with Crippen molar-refractivity contribution in [3.63, 3.8) is 0 Å². The Morgan fingerprint density at radius 2 is 1.60 bits per heavy atom. The third kappa shape index (κ3) is 9.21. The van der Waals surface area contributed by atoms with Crippen molar-refractivity contribution >= 4 is 20.9 Å². The maximum Gasteiger partial charge on any atom is 0.453 e. The normalized spacial score (nSPS) is 29.1. The van der Waals surface area contributed by atoms with Gasteiger partial charge in [-0.2, -0.15) is 30.4 Å². The van der Waals surface area contributed by atoms with Gasteiger partial charge in [0, 0.05) is 28.7 Å². The Balaban J connectivity index is 1.22. The molecule has 0 heterocycles. The van der Waals surface area contributed by atoms with Crippen molar-refractivity contribution in [2.45, 2.75) is 127 Å². The van der Waals surface area contributed by atoms with E-state index in [1.165, 1.54) is 11.1 Å². The first-order valence-corrected chi connectivity index (χ1v) is 19.8. The first-order chi connectivity index (χ1) is 21.0. The molecule has 12 heteroatoms. The van der Waals surface area contributed by atoms with E-state index in [4.69, 9.17) is 4.18 Å². The van der Waals surface area contributed by atoms with Gasteiger partial charge in [-0.1, -0.05) is 51.5 Å². The lowest BCUT2D eigenvalue weighted by Crippen LogP contribution is -2.47. The maximum atomic E-state index is 13.0. The zero-order chi connectivity index (χ0) is 33.0. The summed E-state index contributed by atoms with van der Waals surface area (Å²) >= 11 is 0. The molecule has 1 N–H and O–H groups in total. The predicted octanol–water partition coefficient (Wildman–Crippen LogP) is 8.32. The average molecular weight is 685 g/mol. The molecule has 0 aromatic heterocycles. The molecule has 3 aliphatic carbocycles. The fourth-order valence-corrected chi connectivity index (χ4v) is 10.1. The first kappa shape index (κ1) is 36.6. The number of hydrogen-bond acceptors (Lipinski definition) is 5. The second-order valence-corrected chi connectivity index (χ2v) is 17.2. The number of unbranched alkanes of at least 4 members (excludes halogenated alkanes) is 6. The maximum absolute atomic E-state index is 13.0. The van der Waals surface area contributed by atoms with Gasteiger partial charge in [0.1, 0.15) is 5.75 Å². The molecule has 1 aromatic carbocycles. The van der Waals surface area contributed by atoms with Crippen LogP contribution in [-0.2, 0) is 27.3 Å². The third-order valence-electron chi connectivity index (χ3n) is 10.8. The summed E-state index contributed by atoms with van der Waals surface area (Å²) in [6.07, 6.45) is 6.14. The molecule has 1 aromatic rings. The lowest BCUT2D eigenvalue weighted by atomic mass is 9.52. The van der Waals surface area contributed by atoms with E-state index in [-0.39, 0.29) is 17.3 Å². The second kappa shape index (κ2) is 14.9. The molecule has 0 saturated heterocycles. The van der Waals surface area contributed by atoms with E-state index in [0.717, 1.165) is 83.3 Å². The zero-order valence-corrected chi connectivity index (χ0v) is 28.1. The van der Waals surface area contributed by atoms with E-state index in [1.54, 1.807) is 6.07 Å². The Bertz CT molecular complexity index is 1270. The monoisotopic (exact) mass is 684 g/mol. The van der Waals surface area contributed by atoms with E-state index < -0.39 is 45.9 Å². The smallest absolute Gasteiger partial charge is 0.393 e. The van der Waals surface area contributed by atoms with Crippen molar-refractivity contribution < 1.29 is 43.9 Å². The van der Waals surface area contributed by atoms with Gasteiger partial charge in [-0.05, 0) is 104 Å². The second-order valence-electron chi connectivity index (χ2n) is 14.0. The van der Waals surface area contributed by atoms with Gasteiger partial charge >= 0.3 is 22.2 Å². The Morgan fingerprint density at radius 1 is 0.956 bits per heavy atom. The fraction of sp³-hybridized carbons (Fsp3) is 0.818. The minimum Gasteiger partial charge on any atom is -0.393 e. The summed E-state index contributed by atoms with van der Waals surface area (Å²) < 4.78 is 103. The number of rotatable bonds is 16. The van der Waals surface area contributed by atoms with Crippen LogP contribution in [-0.4, -0.2) is 53.7 Å². The van der Waals surface area contributed by atoms with E-state index in [2.05, 4.69) is 13.0 Å². The fourth-order valence-electron chi connectivity index (χ4n) is 8.50. The molecule has 0 bridgehead atoms. The van der Waals surface area contributed by atoms with Gasteiger partial charge < -0.3 is 9.29 Å². The van der Waals surface area contributed by atoms with Gasteiger partial charge in [0.2, 0.25) is 0 Å². The van der Waals surface area contributed by atoms with Gasteiger partial charge in [0.05, 0.1) is 12.4 Å². The molecule has 7 atom stereocenters. The Labute approximate surface area is 267 Å². The van der Waals surface area contributed by atoms with Crippen LogP contribution in [0.4, 0.5) is 22.0 Å². The molecule has 3 aliphatic rings. The van der Waals surface area contributed by atoms with Crippen LogP contribution in [0.15, 0.2) is 18.2 Å². The molecule has 5 nitrogen and oxygen atoms in total. The van der Waals surface area contributed by atoms with Gasteiger partial charge in [0.15, 0.2) is 0 Å². The van der Waals surface area contributed by atoms with Crippen molar-refractivity contribution in [1.29, 1.82) is 0 Å². The SMILES string of the molecule is C[C@]12CCC3c4ccc(OS(C)(=O)=O)cc4C[C@@H](CCCCCCCCCS(=O)CCCC(F)(F)C(F)(F)F)C3C1CC[C@@H]2O. The largest absolute Gasteiger partial charge is 0.453 e. The molecule has 4 rings (SSSR count). The van der Waals surface area contributed by atoms with Crippen LogP contribution in [0.2, 0.25) is 0 Å². The number of aliphatic hydroxyl groups excluding tert-OH is 1. The quantitative estimate of drug-likeness (QED) is 0.108. The van der Waals surface area contributed by atoms with Crippen LogP contribution in [0, 0.1) is 23.2 Å². The highest BCUT2D eigenvalue weighted by molar-refractivity contribution is 7.86. The lowest BCUT2D eigenvalue weighted by Gasteiger charge is -2.53. The third-order valence-corrected chi connectivity index (χ3v) is 12.8. The van der Waals surface area contributed by atoms with Crippen LogP contribution in [0.1, 0.15) is 114 Å². The molecular weight excluding hydrogens is 635 g/mol. The summed E-state index contributed by atoms with van der Waals surface area (Å²) in [6.45, 7) is 2.27. The number of fused-ring (bicyclic) bond motifs is 5. The summed E-state index contributed by atoms with van der Waals surface area (Å²) in [5.74, 6) is -2.34. The molecule has 0 spiro atoms. The van der Waals surface area contributed by atoms with Crippen LogP contribution >= 0.6 is 0 Å². The van der Waals surface area contributed by atoms with E-state index >= 15 is 0 Å². The predicted molar refractivity (Wildman–Crippen MR) is 166 cm³/mol. The number of alkyl halides is 5. The zero-order valence-electron chi connectivity index (χ0n) is 26.4. The van der Waals surface area contributed by atoms with Gasteiger partial charge in [-0.3, -0.25) is 4.21 Å². The highest BCUT2D eigenvalue weighted by Gasteiger charge is 2.57. The molecular formula is C33H49F5O5S2. The standard InChI is InChI=1S/C33H49F5O5S2/c1-31-18-16-27-26-13-12-25(43-45(2,41)42)22-24(26)21-23(30(27)28(31)14-15-29(31)39)11-8-6-4-3-5-7-9-19-44(40)20-10-17-32(34,35)33(36,37)38/h12-13,22-23,27-30,39H,3-11,14-21H2,1-2H3/t23-,27?,28?,29+,30?,31+,44?/m1/s1. The van der Waals surface area contributed by atoms with Crippen molar-refractivity contribution in [2.75, 3.05) is 17.8 Å². The molecule has 0 amide bonds. The lowest BCUT2D eigenvalue weighted by molar-refractivity contribution is -0.284. The molecule has 45 heavy (non-hydrogen) atoms. The van der Waals surface area contributed by atoms with Gasteiger partial charge in [-0.25, -0.2) is 0 Å². The highest BCUT2D eigenvalue weighted by atomic mass is 32.2. The molecule has 2 saturated carbocycles. The van der Waals surface area contributed by atoms with Crippen molar-refractivity contribution in [2.24, 2.45) is 23.2 Å². The van der Waals surface area contributed by atoms with Crippen LogP contribution < -0.4 is 4.18 Å². The number of benzene rings is 1. The summed E-state index contributed by atoms with van der Waals surface area (Å²) in [6, 6.07) is 5.73. The molecule has 4 unspecified atom stereocenters. The van der Waals surface area contributed by atoms with Crippen LogP contribution in [0.5, 0.6) is 5.75 Å². The summed E-state index contributed by atoms with van der Waals surface area (Å²) in [5.41, 5.74) is 2.44. The minimum atomic E-state index is -5.56. The Morgan fingerprint density at radius 3 is 2.27 bits per heavy atom. The molecule has 258 valence electrons. The molecule has 0 aliphatic heterocycles. The molecule has 0 radical (unpaired) electrons. The van der Waals surface area contributed by atoms with Crippen LogP contribution in [0.25, 0.3) is 0 Å². The number of halogens is 5. The summed E-state index contributed by atoms with van der Waals surface area (Å²) in [7, 11) is -5.00. The van der Waals surface area contributed by atoms with E-state index in [1.807, 2.05) is 6.07 Å². The van der Waals surface area contributed by atoms with Crippen molar-refractivity contribution in [3.8, 4) is 5.75 Å². The van der Waals surface area contributed by atoms with E-state index in [0.29, 0.717) is 41.6 Å². The van der Waals surface area contributed by atoms with Crippen molar-refractivity contribution in [3.05, 3.63) is 29.3 Å². The topological polar surface area (TPSA) is 80.7 Å². The van der Waals surface area contributed by atoms with Gasteiger partial charge in [-0.15, -0.1) is 0 Å². The van der Waals surface area contributed by atoms with Gasteiger partial charge in [0.25, 0.3) is 0 Å². The average Bonchev–Trinajstić information content (AvgIpc) is 3.24. The summed E-state index contributed by atoms with van der Waals surface area (Å²) in [4.78, 5) is 0. The molecule has 2 fully saturated rings. The Kier molecular flexibility index (Phi) is 12.1. The van der Waals surface area contributed by atoms with E-state index in [9.17, 15) is 39.7 Å². The van der Waals surface area contributed by atoms with Crippen LogP contribution in [0.3, 0.4) is 0 Å². The minimum absolute atomic E-state index is 0.0475. The van der Waals surface area contributed by atoms with Crippen molar-refractivity contribution in [1.82, 2.24) is 0 Å². The summed E-state index contributed by atoms with van der Waals surface area (Å²) in [5, 5.41) is 10.9. The number of aliphatic hydroxyl groups is 1.